The molecule has 3 rings (SSSR count). The lowest BCUT2D eigenvalue weighted by atomic mass is 9.90. The Bertz CT molecular complexity index is 808. The van der Waals surface area contributed by atoms with Crippen molar-refractivity contribution in [2.45, 2.75) is 19.9 Å². The molecule has 3 aromatic carbocycles. The molecule has 0 aromatic heterocycles. The summed E-state index contributed by atoms with van der Waals surface area (Å²) in [7, 11) is 0. The summed E-state index contributed by atoms with van der Waals surface area (Å²) in [5.74, 6) is 0. The first-order chi connectivity index (χ1) is 10.1. The van der Waals surface area contributed by atoms with Crippen LogP contribution in [0.4, 0.5) is 0 Å². The van der Waals surface area contributed by atoms with Crippen LogP contribution < -0.4 is 5.73 Å². The molecule has 2 N–H and O–H groups in total. The van der Waals surface area contributed by atoms with Gasteiger partial charge in [-0.3, -0.25) is 0 Å². The topological polar surface area (TPSA) is 26.0 Å². The Labute approximate surface area is 133 Å². The molecule has 0 amide bonds. The highest BCUT2D eigenvalue weighted by atomic mass is 79.9. The Morgan fingerprint density at radius 2 is 1.71 bits per heavy atom. The predicted octanol–water partition coefficient (Wildman–Crippen LogP) is 5.27. The van der Waals surface area contributed by atoms with Gasteiger partial charge in [-0.05, 0) is 52.9 Å². The number of hydrogen-bond donors (Lipinski definition) is 1. The van der Waals surface area contributed by atoms with Crippen LogP contribution in [-0.2, 0) is 0 Å². The van der Waals surface area contributed by atoms with Crippen molar-refractivity contribution in [2.75, 3.05) is 0 Å². The Morgan fingerprint density at radius 1 is 0.952 bits per heavy atom. The second-order valence-corrected chi connectivity index (χ2v) is 6.37. The predicted molar refractivity (Wildman–Crippen MR) is 93.6 cm³/mol. The van der Waals surface area contributed by atoms with Gasteiger partial charge in [0.15, 0.2) is 0 Å². The van der Waals surface area contributed by atoms with E-state index in [0.29, 0.717) is 0 Å². The van der Waals surface area contributed by atoms with Crippen molar-refractivity contribution >= 4 is 26.7 Å². The average Bonchev–Trinajstić information content (AvgIpc) is 2.46. The number of rotatable bonds is 2. The van der Waals surface area contributed by atoms with E-state index >= 15 is 0 Å². The van der Waals surface area contributed by atoms with Gasteiger partial charge in [-0.2, -0.15) is 0 Å². The van der Waals surface area contributed by atoms with Crippen LogP contribution in [-0.4, -0.2) is 0 Å². The SMILES string of the molecule is Cc1ccc(C(N)c2c(C)ccc3ccccc23)c(Br)c1. The molecule has 1 unspecified atom stereocenters. The molecule has 2 heteroatoms. The highest BCUT2D eigenvalue weighted by Gasteiger charge is 2.17. The lowest BCUT2D eigenvalue weighted by molar-refractivity contribution is 0.865. The molecule has 21 heavy (non-hydrogen) atoms. The van der Waals surface area contributed by atoms with Crippen molar-refractivity contribution in [3.8, 4) is 0 Å². The maximum atomic E-state index is 6.60. The largest absolute Gasteiger partial charge is 0.320 e. The molecule has 0 bridgehead atoms. The first kappa shape index (κ1) is 14.3. The van der Waals surface area contributed by atoms with Crippen molar-refractivity contribution in [1.29, 1.82) is 0 Å². The van der Waals surface area contributed by atoms with Crippen molar-refractivity contribution in [3.63, 3.8) is 0 Å². The van der Waals surface area contributed by atoms with E-state index in [-0.39, 0.29) is 6.04 Å². The van der Waals surface area contributed by atoms with E-state index in [9.17, 15) is 0 Å². The molecule has 0 aliphatic heterocycles. The van der Waals surface area contributed by atoms with E-state index in [4.69, 9.17) is 5.73 Å². The zero-order valence-electron chi connectivity index (χ0n) is 12.2. The summed E-state index contributed by atoms with van der Waals surface area (Å²) in [6.45, 7) is 4.22. The van der Waals surface area contributed by atoms with Crippen LogP contribution in [0.15, 0.2) is 59.1 Å². The fraction of sp³-hybridized carbons (Fsp3) is 0.158. The molecule has 0 heterocycles. The average molecular weight is 340 g/mol. The van der Waals surface area contributed by atoms with E-state index in [1.54, 1.807) is 0 Å². The van der Waals surface area contributed by atoms with Crippen molar-refractivity contribution in [1.82, 2.24) is 0 Å². The minimum atomic E-state index is -0.133. The molecule has 0 radical (unpaired) electrons. The molecule has 106 valence electrons. The third kappa shape index (κ3) is 2.61. The lowest BCUT2D eigenvalue weighted by Gasteiger charge is -2.19. The Balaban J connectivity index is 2.21. The maximum absolute atomic E-state index is 6.60. The van der Waals surface area contributed by atoms with Gasteiger partial charge in [-0.15, -0.1) is 0 Å². The summed E-state index contributed by atoms with van der Waals surface area (Å²) in [4.78, 5) is 0. The molecule has 3 aromatic rings. The minimum Gasteiger partial charge on any atom is -0.320 e. The van der Waals surface area contributed by atoms with Gasteiger partial charge in [0.1, 0.15) is 0 Å². The number of halogens is 1. The molecule has 0 aliphatic carbocycles. The molecule has 0 aliphatic rings. The Morgan fingerprint density at radius 3 is 2.48 bits per heavy atom. The third-order valence-electron chi connectivity index (χ3n) is 3.99. The number of aryl methyl sites for hydroxylation is 2. The van der Waals surface area contributed by atoms with E-state index in [1.165, 1.54) is 27.5 Å². The van der Waals surface area contributed by atoms with Gasteiger partial charge in [0, 0.05) is 4.47 Å². The van der Waals surface area contributed by atoms with Crippen LogP contribution >= 0.6 is 15.9 Å². The van der Waals surface area contributed by atoms with Crippen LogP contribution in [0.2, 0.25) is 0 Å². The second kappa shape index (κ2) is 5.63. The van der Waals surface area contributed by atoms with Crippen molar-refractivity contribution in [3.05, 3.63) is 81.3 Å². The van der Waals surface area contributed by atoms with Crippen molar-refractivity contribution < 1.29 is 0 Å². The highest BCUT2D eigenvalue weighted by Crippen LogP contribution is 2.33. The van der Waals surface area contributed by atoms with Gasteiger partial charge < -0.3 is 5.73 Å². The van der Waals surface area contributed by atoms with Gasteiger partial charge in [0.25, 0.3) is 0 Å². The van der Waals surface area contributed by atoms with Gasteiger partial charge in [-0.25, -0.2) is 0 Å². The summed E-state index contributed by atoms with van der Waals surface area (Å²) in [5, 5.41) is 2.47. The molecule has 0 saturated carbocycles. The summed E-state index contributed by atoms with van der Waals surface area (Å²) in [6.07, 6.45) is 0. The highest BCUT2D eigenvalue weighted by molar-refractivity contribution is 9.10. The Hall–Kier alpha value is -1.64. The van der Waals surface area contributed by atoms with E-state index in [1.807, 2.05) is 0 Å². The fourth-order valence-electron chi connectivity index (χ4n) is 2.86. The number of hydrogen-bond acceptors (Lipinski definition) is 1. The molecule has 0 fully saturated rings. The summed E-state index contributed by atoms with van der Waals surface area (Å²) < 4.78 is 1.07. The van der Waals surface area contributed by atoms with Crippen LogP contribution in [0.1, 0.15) is 28.3 Å². The van der Waals surface area contributed by atoms with Crippen molar-refractivity contribution in [2.24, 2.45) is 5.73 Å². The normalized spacial score (nSPS) is 12.6. The maximum Gasteiger partial charge on any atom is 0.0571 e. The molecule has 1 atom stereocenters. The quantitative estimate of drug-likeness (QED) is 0.676. The van der Waals surface area contributed by atoms with E-state index < -0.39 is 0 Å². The van der Waals surface area contributed by atoms with Crippen LogP contribution in [0.5, 0.6) is 0 Å². The zero-order valence-corrected chi connectivity index (χ0v) is 13.8. The van der Waals surface area contributed by atoms with Gasteiger partial charge >= 0.3 is 0 Å². The van der Waals surface area contributed by atoms with Gasteiger partial charge in [0.05, 0.1) is 6.04 Å². The van der Waals surface area contributed by atoms with E-state index in [0.717, 1.165) is 10.0 Å². The minimum absolute atomic E-state index is 0.133. The molecular weight excluding hydrogens is 322 g/mol. The second-order valence-electron chi connectivity index (χ2n) is 5.52. The summed E-state index contributed by atoms with van der Waals surface area (Å²) in [5.41, 5.74) is 11.4. The first-order valence-corrected chi connectivity index (χ1v) is 7.87. The monoisotopic (exact) mass is 339 g/mol. The number of nitrogens with two attached hydrogens (primary N) is 1. The molecular formula is C19H18BrN. The summed E-state index contributed by atoms with van der Waals surface area (Å²) in [6, 6.07) is 18.9. The van der Waals surface area contributed by atoms with Crippen LogP contribution in [0, 0.1) is 13.8 Å². The Kier molecular flexibility index (Phi) is 3.83. The zero-order chi connectivity index (χ0) is 15.0. The third-order valence-corrected chi connectivity index (χ3v) is 4.68. The van der Waals surface area contributed by atoms with Gasteiger partial charge in [-0.1, -0.05) is 64.5 Å². The summed E-state index contributed by atoms with van der Waals surface area (Å²) >= 11 is 3.65. The number of fused-ring (bicyclic) bond motifs is 1. The molecule has 0 saturated heterocycles. The van der Waals surface area contributed by atoms with Crippen LogP contribution in [0.3, 0.4) is 0 Å². The smallest absolute Gasteiger partial charge is 0.0571 e. The first-order valence-electron chi connectivity index (χ1n) is 7.08. The van der Waals surface area contributed by atoms with Crippen LogP contribution in [0.25, 0.3) is 10.8 Å². The van der Waals surface area contributed by atoms with Gasteiger partial charge in [0.2, 0.25) is 0 Å². The number of benzene rings is 3. The molecule has 0 spiro atoms. The fourth-order valence-corrected chi connectivity index (χ4v) is 3.60. The standard InChI is InChI=1S/C19H18BrN/c1-12-7-10-16(17(20)11-12)19(21)18-13(2)8-9-14-5-3-4-6-15(14)18/h3-11,19H,21H2,1-2H3. The van der Waals surface area contributed by atoms with E-state index in [2.05, 4.69) is 84.4 Å². The molecule has 1 nitrogen and oxygen atoms in total. The lowest BCUT2D eigenvalue weighted by Crippen LogP contribution is -2.14.